The van der Waals surface area contributed by atoms with Crippen molar-refractivity contribution < 1.29 is 13.2 Å². The zero-order chi connectivity index (χ0) is 13.9. The van der Waals surface area contributed by atoms with Gasteiger partial charge in [-0.1, -0.05) is 6.07 Å². The third kappa shape index (κ3) is 3.83. The standard InChI is InChI=1S/C13H18F3N3/c1-17-12-4-2-3-11(18-12)9-19-7-5-10(6-8-19)13(14,15)16/h2-4,10H,5-9H2,1H3,(H,17,18). The molecule has 0 bridgehead atoms. The second-order valence-electron chi connectivity index (χ2n) is 4.86. The van der Waals surface area contributed by atoms with Crippen molar-refractivity contribution in [3.05, 3.63) is 23.9 Å². The van der Waals surface area contributed by atoms with Crippen LogP contribution in [0.1, 0.15) is 18.5 Å². The summed E-state index contributed by atoms with van der Waals surface area (Å²) in [6, 6.07) is 5.66. The zero-order valence-corrected chi connectivity index (χ0v) is 10.9. The number of nitrogens with one attached hydrogen (secondary N) is 1. The molecule has 2 heterocycles. The molecule has 0 aromatic carbocycles. The van der Waals surface area contributed by atoms with Crippen LogP contribution >= 0.6 is 0 Å². The molecule has 0 aliphatic carbocycles. The van der Waals surface area contributed by atoms with Crippen molar-refractivity contribution >= 4 is 5.82 Å². The van der Waals surface area contributed by atoms with E-state index in [2.05, 4.69) is 10.3 Å². The fourth-order valence-electron chi connectivity index (χ4n) is 2.35. The summed E-state index contributed by atoms with van der Waals surface area (Å²) >= 11 is 0. The van der Waals surface area contributed by atoms with Gasteiger partial charge in [0, 0.05) is 13.6 Å². The third-order valence-corrected chi connectivity index (χ3v) is 3.50. The number of piperidine rings is 1. The summed E-state index contributed by atoms with van der Waals surface area (Å²) in [5, 5.41) is 2.95. The average molecular weight is 273 g/mol. The summed E-state index contributed by atoms with van der Waals surface area (Å²) in [4.78, 5) is 6.41. The molecule has 1 N–H and O–H groups in total. The summed E-state index contributed by atoms with van der Waals surface area (Å²) in [7, 11) is 1.79. The van der Waals surface area contributed by atoms with Crippen molar-refractivity contribution in [2.24, 2.45) is 5.92 Å². The molecule has 2 rings (SSSR count). The SMILES string of the molecule is CNc1cccc(CN2CCC(C(F)(F)F)CC2)n1. The Balaban J connectivity index is 1.88. The van der Waals surface area contributed by atoms with Crippen LogP contribution in [0.5, 0.6) is 0 Å². The van der Waals surface area contributed by atoms with Gasteiger partial charge in [-0.15, -0.1) is 0 Å². The number of hydrogen-bond donors (Lipinski definition) is 1. The van der Waals surface area contributed by atoms with Crippen molar-refractivity contribution in [2.45, 2.75) is 25.6 Å². The topological polar surface area (TPSA) is 28.2 Å². The van der Waals surface area contributed by atoms with Crippen LogP contribution in [0.4, 0.5) is 19.0 Å². The first-order valence-corrected chi connectivity index (χ1v) is 6.42. The predicted octanol–water partition coefficient (Wildman–Crippen LogP) is 2.90. The lowest BCUT2D eigenvalue weighted by Gasteiger charge is -2.32. The first-order valence-electron chi connectivity index (χ1n) is 6.42. The molecule has 0 radical (unpaired) electrons. The van der Waals surface area contributed by atoms with E-state index in [9.17, 15) is 13.2 Å². The smallest absolute Gasteiger partial charge is 0.373 e. The molecule has 106 valence electrons. The van der Waals surface area contributed by atoms with Crippen LogP contribution in [0.15, 0.2) is 18.2 Å². The van der Waals surface area contributed by atoms with Crippen molar-refractivity contribution in [1.82, 2.24) is 9.88 Å². The summed E-state index contributed by atoms with van der Waals surface area (Å²) < 4.78 is 37.7. The Morgan fingerprint density at radius 1 is 1.32 bits per heavy atom. The zero-order valence-electron chi connectivity index (χ0n) is 10.9. The lowest BCUT2D eigenvalue weighted by molar-refractivity contribution is -0.185. The summed E-state index contributed by atoms with van der Waals surface area (Å²) in [5.41, 5.74) is 0.886. The minimum atomic E-state index is -4.05. The van der Waals surface area contributed by atoms with E-state index in [-0.39, 0.29) is 12.8 Å². The van der Waals surface area contributed by atoms with E-state index in [1.165, 1.54) is 0 Å². The molecule has 1 aliphatic heterocycles. The molecule has 1 aromatic heterocycles. The van der Waals surface area contributed by atoms with Crippen molar-refractivity contribution in [2.75, 3.05) is 25.5 Å². The molecule has 0 saturated carbocycles. The molecular formula is C13H18F3N3. The molecule has 19 heavy (non-hydrogen) atoms. The number of rotatable bonds is 3. The highest BCUT2D eigenvalue weighted by Crippen LogP contribution is 2.34. The number of hydrogen-bond acceptors (Lipinski definition) is 3. The number of anilines is 1. The molecule has 1 fully saturated rings. The fourth-order valence-corrected chi connectivity index (χ4v) is 2.35. The van der Waals surface area contributed by atoms with Gasteiger partial charge in [-0.3, -0.25) is 4.90 Å². The van der Waals surface area contributed by atoms with Gasteiger partial charge in [0.05, 0.1) is 11.6 Å². The Kier molecular flexibility index (Phi) is 4.29. The third-order valence-electron chi connectivity index (χ3n) is 3.50. The van der Waals surface area contributed by atoms with Gasteiger partial charge in [0.25, 0.3) is 0 Å². The van der Waals surface area contributed by atoms with Crippen LogP contribution in [0.3, 0.4) is 0 Å². The largest absolute Gasteiger partial charge is 0.391 e. The highest BCUT2D eigenvalue weighted by atomic mass is 19.4. The average Bonchev–Trinajstić information content (AvgIpc) is 2.38. The monoisotopic (exact) mass is 273 g/mol. The minimum Gasteiger partial charge on any atom is -0.373 e. The highest BCUT2D eigenvalue weighted by molar-refractivity contribution is 5.34. The van der Waals surface area contributed by atoms with Gasteiger partial charge in [-0.2, -0.15) is 13.2 Å². The first-order chi connectivity index (χ1) is 8.99. The molecule has 6 heteroatoms. The van der Waals surface area contributed by atoms with Gasteiger partial charge < -0.3 is 5.32 Å². The molecule has 1 aliphatic rings. The van der Waals surface area contributed by atoms with Crippen molar-refractivity contribution in [1.29, 1.82) is 0 Å². The Morgan fingerprint density at radius 3 is 2.58 bits per heavy atom. The number of likely N-dealkylation sites (tertiary alicyclic amines) is 1. The summed E-state index contributed by atoms with van der Waals surface area (Å²) in [6.45, 7) is 1.57. The fraction of sp³-hybridized carbons (Fsp3) is 0.615. The van der Waals surface area contributed by atoms with E-state index in [0.29, 0.717) is 19.6 Å². The van der Waals surface area contributed by atoms with E-state index >= 15 is 0 Å². The Morgan fingerprint density at radius 2 is 2.00 bits per heavy atom. The number of aromatic nitrogens is 1. The highest BCUT2D eigenvalue weighted by Gasteiger charge is 2.40. The van der Waals surface area contributed by atoms with Crippen LogP contribution in [-0.2, 0) is 6.54 Å². The van der Waals surface area contributed by atoms with Crippen LogP contribution in [-0.4, -0.2) is 36.2 Å². The van der Waals surface area contributed by atoms with Crippen LogP contribution in [0.25, 0.3) is 0 Å². The van der Waals surface area contributed by atoms with Crippen LogP contribution < -0.4 is 5.32 Å². The van der Waals surface area contributed by atoms with Gasteiger partial charge in [0.1, 0.15) is 5.82 Å². The number of nitrogens with zero attached hydrogens (tertiary/aromatic N) is 2. The maximum Gasteiger partial charge on any atom is 0.391 e. The number of alkyl halides is 3. The van der Waals surface area contributed by atoms with Gasteiger partial charge >= 0.3 is 6.18 Å². The summed E-state index contributed by atoms with van der Waals surface area (Å²) in [6.07, 6.45) is -3.67. The van der Waals surface area contributed by atoms with Crippen molar-refractivity contribution in [3.63, 3.8) is 0 Å². The van der Waals surface area contributed by atoms with Gasteiger partial charge in [-0.05, 0) is 38.1 Å². The molecule has 0 unspecified atom stereocenters. The van der Waals surface area contributed by atoms with Gasteiger partial charge in [-0.25, -0.2) is 4.98 Å². The van der Waals surface area contributed by atoms with E-state index in [0.717, 1.165) is 11.5 Å². The lowest BCUT2D eigenvalue weighted by Crippen LogP contribution is -2.38. The molecule has 0 atom stereocenters. The Hall–Kier alpha value is -1.30. The van der Waals surface area contributed by atoms with E-state index in [4.69, 9.17) is 0 Å². The van der Waals surface area contributed by atoms with E-state index < -0.39 is 12.1 Å². The maximum atomic E-state index is 12.6. The number of pyridine rings is 1. The first kappa shape index (κ1) is 14.1. The Labute approximate surface area is 110 Å². The number of halogens is 3. The molecule has 3 nitrogen and oxygen atoms in total. The minimum absolute atomic E-state index is 0.190. The molecule has 1 saturated heterocycles. The predicted molar refractivity (Wildman–Crippen MR) is 67.8 cm³/mol. The lowest BCUT2D eigenvalue weighted by atomic mass is 9.96. The quantitative estimate of drug-likeness (QED) is 0.918. The molecule has 1 aromatic rings. The Bertz CT molecular complexity index is 412. The van der Waals surface area contributed by atoms with Gasteiger partial charge in [0.15, 0.2) is 0 Å². The molecular weight excluding hydrogens is 255 g/mol. The maximum absolute atomic E-state index is 12.6. The van der Waals surface area contributed by atoms with E-state index in [1.54, 1.807) is 7.05 Å². The van der Waals surface area contributed by atoms with Gasteiger partial charge in [0.2, 0.25) is 0 Å². The second-order valence-corrected chi connectivity index (χ2v) is 4.86. The molecule has 0 amide bonds. The van der Waals surface area contributed by atoms with E-state index in [1.807, 2.05) is 23.1 Å². The summed E-state index contributed by atoms with van der Waals surface area (Å²) in [5.74, 6) is -0.358. The van der Waals surface area contributed by atoms with Crippen molar-refractivity contribution in [3.8, 4) is 0 Å². The second kappa shape index (κ2) is 5.77. The van der Waals surface area contributed by atoms with Crippen LogP contribution in [0, 0.1) is 5.92 Å². The molecule has 0 spiro atoms. The van der Waals surface area contributed by atoms with Crippen LogP contribution in [0.2, 0.25) is 0 Å². The normalized spacial score (nSPS) is 18.5.